The Morgan fingerprint density at radius 2 is 2.27 bits per heavy atom. The van der Waals surface area contributed by atoms with Gasteiger partial charge in [-0.15, -0.1) is 5.10 Å². The molecule has 0 unspecified atom stereocenters. The van der Waals surface area contributed by atoms with Gasteiger partial charge in [-0.05, 0) is 30.9 Å². The van der Waals surface area contributed by atoms with E-state index in [9.17, 15) is 4.79 Å². The molecule has 1 aliphatic heterocycles. The highest BCUT2D eigenvalue weighted by atomic mass is 16.2. The summed E-state index contributed by atoms with van der Waals surface area (Å²) in [5.74, 6) is 1.43. The van der Waals surface area contributed by atoms with Crippen molar-refractivity contribution in [2.24, 2.45) is 5.92 Å². The average Bonchev–Trinajstić information content (AvgIpc) is 3.16. The fourth-order valence-corrected chi connectivity index (χ4v) is 2.99. The number of amides is 1. The van der Waals surface area contributed by atoms with E-state index in [1.54, 1.807) is 0 Å². The second kappa shape index (κ2) is 5.36. The topological polar surface area (TPSA) is 99.7 Å². The Hall–Kier alpha value is -2.51. The quantitative estimate of drug-likeness (QED) is 0.821. The molecule has 2 N–H and O–H groups in total. The number of carbonyl (C=O) groups is 1. The predicted molar refractivity (Wildman–Crippen MR) is 78.5 cm³/mol. The molecule has 1 amide bonds. The van der Waals surface area contributed by atoms with E-state index >= 15 is 0 Å². The molecule has 22 heavy (non-hydrogen) atoms. The van der Waals surface area contributed by atoms with Crippen LogP contribution in [-0.2, 0) is 12.8 Å². The number of nitrogens with one attached hydrogen (secondary N) is 2. The third-order valence-corrected chi connectivity index (χ3v) is 4.27. The summed E-state index contributed by atoms with van der Waals surface area (Å²) in [4.78, 5) is 17.8. The highest BCUT2D eigenvalue weighted by molar-refractivity contribution is 5.90. The molecule has 1 saturated heterocycles. The maximum atomic E-state index is 11.7. The Balaban J connectivity index is 1.28. The number of aromatic nitrogens is 5. The van der Waals surface area contributed by atoms with E-state index in [4.69, 9.17) is 0 Å². The molecule has 1 aliphatic carbocycles. The molecule has 8 heteroatoms. The van der Waals surface area contributed by atoms with Gasteiger partial charge in [0.15, 0.2) is 5.82 Å². The van der Waals surface area contributed by atoms with Gasteiger partial charge in [-0.25, -0.2) is 4.98 Å². The van der Waals surface area contributed by atoms with Crippen molar-refractivity contribution in [1.29, 1.82) is 0 Å². The molecule has 114 valence electrons. The number of hydrogen-bond acceptors (Lipinski definition) is 6. The molecule has 0 spiro atoms. The zero-order valence-electron chi connectivity index (χ0n) is 12.1. The number of aromatic amines is 1. The van der Waals surface area contributed by atoms with E-state index in [2.05, 4.69) is 41.7 Å². The van der Waals surface area contributed by atoms with E-state index in [-0.39, 0.29) is 11.7 Å². The molecule has 2 aromatic rings. The fraction of sp³-hybridized carbons (Fsp3) is 0.500. The molecule has 3 heterocycles. The number of aryl methyl sites for hydroxylation is 2. The second-order valence-electron chi connectivity index (χ2n) is 5.84. The Morgan fingerprint density at radius 1 is 1.36 bits per heavy atom. The minimum atomic E-state index is -0.215. The first kappa shape index (κ1) is 13.2. The van der Waals surface area contributed by atoms with Crippen LogP contribution in [0.3, 0.4) is 0 Å². The van der Waals surface area contributed by atoms with E-state index in [1.807, 2.05) is 0 Å². The van der Waals surface area contributed by atoms with E-state index in [0.717, 1.165) is 37.4 Å². The highest BCUT2D eigenvalue weighted by Gasteiger charge is 2.29. The van der Waals surface area contributed by atoms with Crippen LogP contribution >= 0.6 is 0 Å². The molecule has 2 aliphatic rings. The summed E-state index contributed by atoms with van der Waals surface area (Å²) in [7, 11) is 0. The van der Waals surface area contributed by atoms with Gasteiger partial charge < -0.3 is 10.2 Å². The molecule has 0 saturated carbocycles. The lowest BCUT2D eigenvalue weighted by atomic mass is 10.00. The van der Waals surface area contributed by atoms with Crippen molar-refractivity contribution in [3.63, 3.8) is 0 Å². The van der Waals surface area contributed by atoms with E-state index in [1.165, 1.54) is 18.3 Å². The number of hydrogen-bond donors (Lipinski definition) is 2. The van der Waals surface area contributed by atoms with Gasteiger partial charge in [-0.3, -0.25) is 9.89 Å². The number of nitrogens with zero attached hydrogens (tertiary/aromatic N) is 5. The Labute approximate surface area is 127 Å². The number of H-pyrrole nitrogens is 1. The van der Waals surface area contributed by atoms with Crippen LogP contribution in [0.25, 0.3) is 0 Å². The third kappa shape index (κ3) is 2.40. The number of anilines is 1. The third-order valence-electron chi connectivity index (χ3n) is 4.27. The van der Waals surface area contributed by atoms with Crippen LogP contribution in [0, 0.1) is 5.92 Å². The van der Waals surface area contributed by atoms with Crippen molar-refractivity contribution < 1.29 is 4.79 Å². The van der Waals surface area contributed by atoms with Gasteiger partial charge in [0.05, 0.1) is 5.69 Å². The van der Waals surface area contributed by atoms with Crippen LogP contribution in [0.1, 0.15) is 28.3 Å². The highest BCUT2D eigenvalue weighted by Crippen LogP contribution is 2.26. The van der Waals surface area contributed by atoms with Gasteiger partial charge in [0.25, 0.3) is 5.91 Å². The lowest BCUT2D eigenvalue weighted by molar-refractivity contribution is 0.0934. The van der Waals surface area contributed by atoms with Gasteiger partial charge in [0.2, 0.25) is 5.82 Å². The van der Waals surface area contributed by atoms with Gasteiger partial charge in [-0.2, -0.15) is 10.2 Å². The summed E-state index contributed by atoms with van der Waals surface area (Å²) in [6, 6.07) is 2.17. The van der Waals surface area contributed by atoms with Crippen molar-refractivity contribution >= 4 is 11.7 Å². The normalized spacial score (nSPS) is 17.2. The minimum Gasteiger partial charge on any atom is -0.354 e. The molecule has 0 radical (unpaired) electrons. The monoisotopic (exact) mass is 299 g/mol. The standard InChI is InChI=1S/C14H17N7O/c22-14(13-16-8-17-20-13)15-5-9-6-21(7-9)12-4-10-2-1-3-11(10)18-19-12/h4,8-9H,1-3,5-7H2,(H,15,22)(H,16,17,20). The molecule has 2 aromatic heterocycles. The van der Waals surface area contributed by atoms with Gasteiger partial charge in [0.1, 0.15) is 6.33 Å². The maximum Gasteiger partial charge on any atom is 0.288 e. The van der Waals surface area contributed by atoms with Crippen LogP contribution in [0.15, 0.2) is 12.4 Å². The molecule has 0 bridgehead atoms. The molecule has 4 rings (SSSR count). The van der Waals surface area contributed by atoms with Gasteiger partial charge >= 0.3 is 0 Å². The summed E-state index contributed by atoms with van der Waals surface area (Å²) < 4.78 is 0. The summed E-state index contributed by atoms with van der Waals surface area (Å²) in [6.45, 7) is 2.42. The van der Waals surface area contributed by atoms with Crippen LogP contribution in [0.4, 0.5) is 5.82 Å². The van der Waals surface area contributed by atoms with E-state index < -0.39 is 0 Å². The second-order valence-corrected chi connectivity index (χ2v) is 5.84. The predicted octanol–water partition coefficient (Wildman–Crippen LogP) is -0.0504. The molecule has 1 fully saturated rings. The summed E-state index contributed by atoms with van der Waals surface area (Å²) in [5.41, 5.74) is 2.49. The fourth-order valence-electron chi connectivity index (χ4n) is 2.99. The van der Waals surface area contributed by atoms with Crippen molar-refractivity contribution in [3.8, 4) is 0 Å². The zero-order chi connectivity index (χ0) is 14.9. The van der Waals surface area contributed by atoms with Crippen molar-refractivity contribution in [2.45, 2.75) is 19.3 Å². The Morgan fingerprint density at radius 3 is 3.09 bits per heavy atom. The molecule has 8 nitrogen and oxygen atoms in total. The number of rotatable bonds is 4. The first-order valence-electron chi connectivity index (χ1n) is 7.53. The molecule has 0 atom stereocenters. The first-order chi connectivity index (χ1) is 10.8. The Kier molecular flexibility index (Phi) is 3.21. The minimum absolute atomic E-state index is 0.215. The van der Waals surface area contributed by atoms with E-state index in [0.29, 0.717) is 12.5 Å². The van der Waals surface area contributed by atoms with Crippen LogP contribution in [0.2, 0.25) is 0 Å². The lowest BCUT2D eigenvalue weighted by Gasteiger charge is -2.40. The first-order valence-corrected chi connectivity index (χ1v) is 7.53. The molecule has 0 aromatic carbocycles. The summed E-state index contributed by atoms with van der Waals surface area (Å²) in [6.07, 6.45) is 4.68. The van der Waals surface area contributed by atoms with Crippen LogP contribution < -0.4 is 10.2 Å². The van der Waals surface area contributed by atoms with Gasteiger partial charge in [-0.1, -0.05) is 0 Å². The van der Waals surface area contributed by atoms with Crippen molar-refractivity contribution in [1.82, 2.24) is 30.7 Å². The molecular weight excluding hydrogens is 282 g/mol. The zero-order valence-corrected chi connectivity index (χ0v) is 12.1. The lowest BCUT2D eigenvalue weighted by Crippen LogP contribution is -2.52. The van der Waals surface area contributed by atoms with Crippen molar-refractivity contribution in [3.05, 3.63) is 29.5 Å². The smallest absolute Gasteiger partial charge is 0.288 e. The molecular formula is C14H17N7O. The van der Waals surface area contributed by atoms with Gasteiger partial charge in [0, 0.05) is 25.6 Å². The number of fused-ring (bicyclic) bond motifs is 1. The largest absolute Gasteiger partial charge is 0.354 e. The summed E-state index contributed by atoms with van der Waals surface area (Å²) >= 11 is 0. The summed E-state index contributed by atoms with van der Waals surface area (Å²) in [5, 5.41) is 17.7. The SMILES string of the molecule is O=C(NCC1CN(c2cc3c(nn2)CCC3)C1)c1ncn[nH]1. The van der Waals surface area contributed by atoms with Crippen molar-refractivity contribution in [2.75, 3.05) is 24.5 Å². The number of carbonyl (C=O) groups excluding carboxylic acids is 1. The van der Waals surface area contributed by atoms with Crippen LogP contribution in [-0.4, -0.2) is 50.9 Å². The average molecular weight is 299 g/mol. The Bertz CT molecular complexity index is 679. The van der Waals surface area contributed by atoms with Crippen LogP contribution in [0.5, 0.6) is 0 Å². The maximum absolute atomic E-state index is 11.7.